The Bertz CT molecular complexity index is 326. The van der Waals surface area contributed by atoms with E-state index in [-0.39, 0.29) is 16.2 Å². The maximum atomic E-state index is 7.59. The summed E-state index contributed by atoms with van der Waals surface area (Å²) >= 11 is 0. The number of nitrogens with one attached hydrogen (secondary N) is 1. The molecule has 2 unspecified atom stereocenters. The minimum atomic E-state index is -0.303. The Balaban J connectivity index is 4.77. The van der Waals surface area contributed by atoms with Crippen LogP contribution in [0.25, 0.3) is 0 Å². The van der Waals surface area contributed by atoms with Crippen molar-refractivity contribution in [1.29, 1.82) is 5.41 Å². The molecule has 0 aromatic heterocycles. The molecule has 0 aliphatic rings. The Morgan fingerprint density at radius 1 is 1.00 bits per heavy atom. The second-order valence-electron chi connectivity index (χ2n) is 7.45. The van der Waals surface area contributed by atoms with Gasteiger partial charge in [0.1, 0.15) is 0 Å². The van der Waals surface area contributed by atoms with Crippen molar-refractivity contribution in [2.45, 2.75) is 55.4 Å². The SMILES string of the molecule is CC(/C=C\N=CC(C)(C=N)C(C)(C)C)C(C)(C)C. The topological polar surface area (TPSA) is 36.2 Å². The van der Waals surface area contributed by atoms with Gasteiger partial charge in [-0.1, -0.05) is 54.5 Å². The number of rotatable bonds is 4. The van der Waals surface area contributed by atoms with Crippen molar-refractivity contribution < 1.29 is 0 Å². The monoisotopic (exact) mass is 250 g/mol. The van der Waals surface area contributed by atoms with Crippen molar-refractivity contribution in [2.75, 3.05) is 0 Å². The predicted octanol–water partition coefficient (Wildman–Crippen LogP) is 4.96. The van der Waals surface area contributed by atoms with E-state index in [1.807, 2.05) is 19.3 Å². The number of aliphatic imine (C=N–C) groups is 1. The fourth-order valence-electron chi connectivity index (χ4n) is 1.11. The van der Waals surface area contributed by atoms with Crippen LogP contribution in [0.4, 0.5) is 0 Å². The number of nitrogens with zero attached hydrogens (tertiary/aromatic N) is 1. The van der Waals surface area contributed by atoms with E-state index < -0.39 is 0 Å². The first-order valence-corrected chi connectivity index (χ1v) is 6.67. The summed E-state index contributed by atoms with van der Waals surface area (Å²) in [7, 11) is 0. The minimum absolute atomic E-state index is 0.00172. The molecule has 2 nitrogen and oxygen atoms in total. The van der Waals surface area contributed by atoms with Gasteiger partial charge < -0.3 is 5.41 Å². The predicted molar refractivity (Wildman–Crippen MR) is 82.6 cm³/mol. The van der Waals surface area contributed by atoms with Crippen LogP contribution in [0.2, 0.25) is 0 Å². The third-order valence-electron chi connectivity index (χ3n) is 4.09. The average molecular weight is 250 g/mol. The van der Waals surface area contributed by atoms with Gasteiger partial charge in [-0.25, -0.2) is 0 Å². The maximum absolute atomic E-state index is 7.59. The Hall–Kier alpha value is -0.920. The summed E-state index contributed by atoms with van der Waals surface area (Å²) in [6.45, 7) is 17.3. The highest BCUT2D eigenvalue weighted by Crippen LogP contribution is 2.34. The first kappa shape index (κ1) is 17.1. The van der Waals surface area contributed by atoms with E-state index in [0.29, 0.717) is 5.92 Å². The van der Waals surface area contributed by atoms with Gasteiger partial charge in [-0.05, 0) is 23.7 Å². The summed E-state index contributed by atoms with van der Waals surface area (Å²) in [6, 6.07) is 0. The molecule has 0 fully saturated rings. The molecular formula is C16H30N2. The Morgan fingerprint density at radius 3 is 1.83 bits per heavy atom. The van der Waals surface area contributed by atoms with Crippen LogP contribution in [0.3, 0.4) is 0 Å². The molecule has 0 radical (unpaired) electrons. The van der Waals surface area contributed by atoms with Crippen LogP contribution in [0.5, 0.6) is 0 Å². The molecule has 0 aromatic rings. The molecule has 104 valence electrons. The molecule has 2 atom stereocenters. The van der Waals surface area contributed by atoms with Gasteiger partial charge in [-0.2, -0.15) is 0 Å². The second kappa shape index (κ2) is 5.81. The van der Waals surface area contributed by atoms with Gasteiger partial charge in [-0.3, -0.25) is 4.99 Å². The zero-order valence-electron chi connectivity index (χ0n) is 13.3. The van der Waals surface area contributed by atoms with Gasteiger partial charge in [-0.15, -0.1) is 0 Å². The van der Waals surface area contributed by atoms with Gasteiger partial charge in [0.15, 0.2) is 0 Å². The molecule has 0 rings (SSSR count). The molecule has 0 heterocycles. The Labute approximate surface area is 113 Å². The van der Waals surface area contributed by atoms with Gasteiger partial charge >= 0.3 is 0 Å². The van der Waals surface area contributed by atoms with E-state index in [9.17, 15) is 0 Å². The van der Waals surface area contributed by atoms with Gasteiger partial charge in [0, 0.05) is 24.0 Å². The highest BCUT2D eigenvalue weighted by molar-refractivity contribution is 5.88. The molecule has 0 spiro atoms. The molecule has 0 saturated heterocycles. The molecule has 1 N–H and O–H groups in total. The second-order valence-corrected chi connectivity index (χ2v) is 7.45. The number of allylic oxidation sites excluding steroid dienone is 1. The van der Waals surface area contributed by atoms with Crippen molar-refractivity contribution in [3.63, 3.8) is 0 Å². The summed E-state index contributed by atoms with van der Waals surface area (Å²) in [5.74, 6) is 0.482. The van der Waals surface area contributed by atoms with Crippen molar-refractivity contribution in [3.05, 3.63) is 12.3 Å². The highest BCUT2D eigenvalue weighted by Gasteiger charge is 2.33. The van der Waals surface area contributed by atoms with E-state index in [1.54, 1.807) is 0 Å². The molecule has 0 aromatic carbocycles. The van der Waals surface area contributed by atoms with Crippen LogP contribution in [0.15, 0.2) is 17.3 Å². The minimum Gasteiger partial charge on any atom is -0.312 e. The zero-order valence-corrected chi connectivity index (χ0v) is 13.3. The molecule has 0 saturated carbocycles. The lowest BCUT2D eigenvalue weighted by Crippen LogP contribution is -2.35. The fourth-order valence-corrected chi connectivity index (χ4v) is 1.11. The van der Waals surface area contributed by atoms with Crippen molar-refractivity contribution in [1.82, 2.24) is 0 Å². The average Bonchev–Trinajstić information content (AvgIpc) is 2.20. The number of hydrogen-bond donors (Lipinski definition) is 1. The molecule has 0 amide bonds. The summed E-state index contributed by atoms with van der Waals surface area (Å²) in [5, 5.41) is 7.59. The van der Waals surface area contributed by atoms with Crippen LogP contribution in [0.1, 0.15) is 55.4 Å². The van der Waals surface area contributed by atoms with Crippen molar-refractivity contribution >= 4 is 12.4 Å². The normalized spacial score (nSPS) is 19.1. The summed E-state index contributed by atoms with van der Waals surface area (Å²) < 4.78 is 0. The van der Waals surface area contributed by atoms with E-state index >= 15 is 0 Å². The van der Waals surface area contributed by atoms with Crippen molar-refractivity contribution in [3.8, 4) is 0 Å². The standard InChI is InChI=1S/C16H30N2/c1-13(14(2,3)4)9-10-18-12-16(8,11-17)15(5,6)7/h9-13,17H,1-8H3/b10-9-,17-11?,18-12?. The summed E-state index contributed by atoms with van der Waals surface area (Å²) in [4.78, 5) is 4.38. The largest absolute Gasteiger partial charge is 0.312 e. The van der Waals surface area contributed by atoms with Gasteiger partial charge in [0.05, 0.1) is 0 Å². The van der Waals surface area contributed by atoms with Crippen LogP contribution < -0.4 is 0 Å². The Kier molecular flexibility index (Phi) is 5.52. The quantitative estimate of drug-likeness (QED) is 0.685. The van der Waals surface area contributed by atoms with Gasteiger partial charge in [0.2, 0.25) is 0 Å². The lowest BCUT2D eigenvalue weighted by atomic mass is 9.69. The van der Waals surface area contributed by atoms with E-state index in [1.165, 1.54) is 6.21 Å². The summed E-state index contributed by atoms with van der Waals surface area (Å²) in [6.07, 6.45) is 7.36. The maximum Gasteiger partial charge on any atom is 0.0422 e. The first-order chi connectivity index (χ1) is 7.94. The molecule has 0 aliphatic heterocycles. The lowest BCUT2D eigenvalue weighted by molar-refractivity contribution is 0.283. The zero-order chi connectivity index (χ0) is 14.6. The van der Waals surface area contributed by atoms with Crippen LogP contribution in [0, 0.1) is 27.6 Å². The van der Waals surface area contributed by atoms with E-state index in [0.717, 1.165) is 0 Å². The lowest BCUT2D eigenvalue weighted by Gasteiger charge is -2.34. The fraction of sp³-hybridized carbons (Fsp3) is 0.750. The third-order valence-corrected chi connectivity index (χ3v) is 4.09. The van der Waals surface area contributed by atoms with Crippen molar-refractivity contribution in [2.24, 2.45) is 27.2 Å². The van der Waals surface area contributed by atoms with Crippen LogP contribution in [-0.2, 0) is 0 Å². The highest BCUT2D eigenvalue weighted by atomic mass is 14.7. The van der Waals surface area contributed by atoms with Gasteiger partial charge in [0.25, 0.3) is 0 Å². The molecule has 18 heavy (non-hydrogen) atoms. The third kappa shape index (κ3) is 4.75. The van der Waals surface area contributed by atoms with E-state index in [4.69, 9.17) is 5.41 Å². The van der Waals surface area contributed by atoms with E-state index in [2.05, 4.69) is 59.5 Å². The smallest absolute Gasteiger partial charge is 0.0422 e. The number of hydrogen-bond acceptors (Lipinski definition) is 2. The van der Waals surface area contributed by atoms with Crippen LogP contribution >= 0.6 is 0 Å². The molecule has 0 bridgehead atoms. The molecule has 0 aliphatic carbocycles. The molecular weight excluding hydrogens is 220 g/mol. The Morgan fingerprint density at radius 2 is 1.50 bits per heavy atom. The summed E-state index contributed by atoms with van der Waals surface area (Å²) in [5.41, 5.74) is -0.0368. The first-order valence-electron chi connectivity index (χ1n) is 6.67. The van der Waals surface area contributed by atoms with Crippen LogP contribution in [-0.4, -0.2) is 12.4 Å². The molecule has 2 heteroatoms.